The van der Waals surface area contributed by atoms with Crippen molar-refractivity contribution in [3.8, 4) is 11.3 Å². The second kappa shape index (κ2) is 8.94. The quantitative estimate of drug-likeness (QED) is 0.539. The molecule has 0 atom stereocenters. The third-order valence-corrected chi connectivity index (χ3v) is 5.46. The number of thioether (sulfide) groups is 1. The number of carbonyl (C=O) groups is 4. The van der Waals surface area contributed by atoms with Crippen LogP contribution in [0.1, 0.15) is 16.1 Å². The molecule has 3 aromatic rings. The first-order valence-electron chi connectivity index (χ1n) is 9.45. The lowest BCUT2D eigenvalue weighted by molar-refractivity contribution is -0.127. The molecule has 0 bridgehead atoms. The summed E-state index contributed by atoms with van der Waals surface area (Å²) >= 11 is 0.702. The zero-order valence-electron chi connectivity index (χ0n) is 16.5. The van der Waals surface area contributed by atoms with E-state index in [0.717, 1.165) is 4.90 Å². The number of anilines is 1. The summed E-state index contributed by atoms with van der Waals surface area (Å²) in [7, 11) is 0. The summed E-state index contributed by atoms with van der Waals surface area (Å²) in [4.78, 5) is 49.5. The number of para-hydroxylation sites is 1. The van der Waals surface area contributed by atoms with Crippen LogP contribution < -0.4 is 5.32 Å². The van der Waals surface area contributed by atoms with Crippen molar-refractivity contribution < 1.29 is 28.7 Å². The average molecular weight is 448 g/mol. The van der Waals surface area contributed by atoms with Crippen molar-refractivity contribution in [1.29, 1.82) is 0 Å². The smallest absolute Gasteiger partial charge is 0.336 e. The number of nitrogens with one attached hydrogen (secondary N) is 1. The number of furan rings is 1. The summed E-state index contributed by atoms with van der Waals surface area (Å²) < 4.78 is 5.69. The van der Waals surface area contributed by atoms with E-state index in [1.165, 1.54) is 12.1 Å². The molecule has 4 rings (SSSR count). The Labute approximate surface area is 186 Å². The fourth-order valence-electron chi connectivity index (χ4n) is 3.09. The largest absolute Gasteiger partial charge is 0.478 e. The number of amides is 3. The molecule has 0 radical (unpaired) electrons. The Hall–Kier alpha value is -4.11. The van der Waals surface area contributed by atoms with Gasteiger partial charge in [0.2, 0.25) is 5.91 Å². The summed E-state index contributed by atoms with van der Waals surface area (Å²) in [6.07, 6.45) is 1.40. The van der Waals surface area contributed by atoms with Crippen molar-refractivity contribution in [1.82, 2.24) is 4.90 Å². The van der Waals surface area contributed by atoms with Gasteiger partial charge in [0.25, 0.3) is 11.1 Å². The van der Waals surface area contributed by atoms with E-state index in [0.29, 0.717) is 28.8 Å². The Kier molecular flexibility index (Phi) is 5.91. The highest BCUT2D eigenvalue weighted by Gasteiger charge is 2.36. The molecular formula is C23H16N2O6S. The van der Waals surface area contributed by atoms with Crippen LogP contribution in [0.15, 0.2) is 76.1 Å². The van der Waals surface area contributed by atoms with E-state index in [4.69, 9.17) is 4.42 Å². The monoisotopic (exact) mass is 448 g/mol. The van der Waals surface area contributed by atoms with Gasteiger partial charge >= 0.3 is 5.97 Å². The molecule has 2 aromatic carbocycles. The molecule has 0 saturated carbocycles. The predicted molar refractivity (Wildman–Crippen MR) is 119 cm³/mol. The number of carboxylic acids is 1. The molecule has 0 aliphatic carbocycles. The second-order valence-electron chi connectivity index (χ2n) is 6.73. The molecule has 0 unspecified atom stereocenters. The summed E-state index contributed by atoms with van der Waals surface area (Å²) in [5, 5.41) is 11.4. The van der Waals surface area contributed by atoms with Gasteiger partial charge in [-0.25, -0.2) is 4.79 Å². The topological polar surface area (TPSA) is 117 Å². The van der Waals surface area contributed by atoms with Crippen LogP contribution in [0.5, 0.6) is 0 Å². The standard InChI is InChI=1S/C23H16N2O6S/c26-20(24-14-6-2-1-3-7-14)13-25-21(27)19(32-23(25)30)12-15-10-11-18(31-15)16-8-4-5-9-17(16)22(28)29/h1-12H,13H2,(H,24,26)(H,28,29)/b19-12-. The predicted octanol–water partition coefficient (Wildman–Crippen LogP) is 4.32. The van der Waals surface area contributed by atoms with Crippen LogP contribution in [0.25, 0.3) is 17.4 Å². The molecule has 2 heterocycles. The SMILES string of the molecule is O=C(CN1C(=O)S/C(=C\c2ccc(-c3ccccc3C(=O)O)o2)C1=O)Nc1ccccc1. The van der Waals surface area contributed by atoms with Crippen LogP contribution in [-0.4, -0.2) is 39.6 Å². The maximum atomic E-state index is 12.6. The Morgan fingerprint density at radius 3 is 2.47 bits per heavy atom. The lowest BCUT2D eigenvalue weighted by atomic mass is 10.1. The first-order chi connectivity index (χ1) is 15.4. The van der Waals surface area contributed by atoms with Crippen molar-refractivity contribution >= 4 is 46.5 Å². The van der Waals surface area contributed by atoms with E-state index in [-0.39, 0.29) is 16.2 Å². The van der Waals surface area contributed by atoms with Crippen molar-refractivity contribution in [2.24, 2.45) is 0 Å². The number of imide groups is 1. The van der Waals surface area contributed by atoms with Crippen LogP contribution in [0.2, 0.25) is 0 Å². The highest BCUT2D eigenvalue weighted by molar-refractivity contribution is 8.18. The molecule has 2 N–H and O–H groups in total. The number of hydrogen-bond donors (Lipinski definition) is 2. The first-order valence-corrected chi connectivity index (χ1v) is 10.3. The lowest BCUT2D eigenvalue weighted by Gasteiger charge is -2.12. The van der Waals surface area contributed by atoms with E-state index in [9.17, 15) is 24.3 Å². The van der Waals surface area contributed by atoms with Gasteiger partial charge in [-0.15, -0.1) is 0 Å². The zero-order valence-corrected chi connectivity index (χ0v) is 17.3. The van der Waals surface area contributed by atoms with Crippen LogP contribution in [0.4, 0.5) is 10.5 Å². The number of benzene rings is 2. The van der Waals surface area contributed by atoms with Crippen LogP contribution in [0.3, 0.4) is 0 Å². The molecule has 3 amide bonds. The van der Waals surface area contributed by atoms with E-state index < -0.39 is 29.6 Å². The van der Waals surface area contributed by atoms with E-state index in [1.54, 1.807) is 60.7 Å². The molecule has 1 aliphatic rings. The molecule has 9 heteroatoms. The Morgan fingerprint density at radius 1 is 1.00 bits per heavy atom. The zero-order chi connectivity index (χ0) is 22.7. The highest BCUT2D eigenvalue weighted by Crippen LogP contribution is 2.33. The summed E-state index contributed by atoms with van der Waals surface area (Å²) in [6.45, 7) is -0.410. The van der Waals surface area contributed by atoms with Gasteiger partial charge in [-0.3, -0.25) is 19.3 Å². The summed E-state index contributed by atoms with van der Waals surface area (Å²) in [6, 6.07) is 18.3. The minimum absolute atomic E-state index is 0.0816. The Balaban J connectivity index is 1.49. The third-order valence-electron chi connectivity index (χ3n) is 4.56. The molecule has 0 spiro atoms. The van der Waals surface area contributed by atoms with Crippen LogP contribution in [0, 0.1) is 0 Å². The molecule has 1 fully saturated rings. The number of carbonyl (C=O) groups excluding carboxylic acids is 3. The lowest BCUT2D eigenvalue weighted by Crippen LogP contribution is -2.36. The maximum absolute atomic E-state index is 12.6. The number of nitrogens with zero attached hydrogens (tertiary/aromatic N) is 1. The van der Waals surface area contributed by atoms with Crippen molar-refractivity contribution in [2.75, 3.05) is 11.9 Å². The van der Waals surface area contributed by atoms with Crippen molar-refractivity contribution in [2.45, 2.75) is 0 Å². The van der Waals surface area contributed by atoms with Gasteiger partial charge in [-0.1, -0.05) is 36.4 Å². The van der Waals surface area contributed by atoms with Gasteiger partial charge in [0, 0.05) is 17.3 Å². The van der Waals surface area contributed by atoms with E-state index in [2.05, 4.69) is 5.32 Å². The Bertz CT molecular complexity index is 1250. The number of carboxylic acid groups (broad SMARTS) is 1. The molecule has 160 valence electrons. The summed E-state index contributed by atoms with van der Waals surface area (Å²) in [5.41, 5.74) is 1.04. The second-order valence-corrected chi connectivity index (χ2v) is 7.73. The number of rotatable bonds is 6. The normalized spacial score (nSPS) is 14.8. The molecule has 1 saturated heterocycles. The minimum Gasteiger partial charge on any atom is -0.478 e. The fraction of sp³-hybridized carbons (Fsp3) is 0.0435. The number of hydrogen-bond acceptors (Lipinski definition) is 6. The molecule has 1 aliphatic heterocycles. The average Bonchev–Trinajstić information content (AvgIpc) is 3.35. The minimum atomic E-state index is -1.09. The van der Waals surface area contributed by atoms with Gasteiger partial charge in [-0.05, 0) is 42.1 Å². The summed E-state index contributed by atoms with van der Waals surface area (Å²) in [5.74, 6) is -1.60. The van der Waals surface area contributed by atoms with Gasteiger partial charge < -0.3 is 14.8 Å². The molecule has 32 heavy (non-hydrogen) atoms. The maximum Gasteiger partial charge on any atom is 0.336 e. The number of aromatic carboxylic acids is 1. The van der Waals surface area contributed by atoms with Gasteiger partial charge in [-0.2, -0.15) is 0 Å². The molecule has 1 aromatic heterocycles. The fourth-order valence-corrected chi connectivity index (χ4v) is 3.91. The highest BCUT2D eigenvalue weighted by atomic mass is 32.2. The van der Waals surface area contributed by atoms with Crippen LogP contribution in [-0.2, 0) is 9.59 Å². The molecular weight excluding hydrogens is 432 g/mol. The third kappa shape index (κ3) is 4.47. The van der Waals surface area contributed by atoms with Gasteiger partial charge in [0.05, 0.1) is 10.5 Å². The van der Waals surface area contributed by atoms with E-state index >= 15 is 0 Å². The van der Waals surface area contributed by atoms with Gasteiger partial charge in [0.15, 0.2) is 0 Å². The van der Waals surface area contributed by atoms with Crippen LogP contribution >= 0.6 is 11.8 Å². The Morgan fingerprint density at radius 2 is 1.72 bits per heavy atom. The van der Waals surface area contributed by atoms with Crippen molar-refractivity contribution in [3.63, 3.8) is 0 Å². The molecule has 8 nitrogen and oxygen atoms in total. The first kappa shape index (κ1) is 21.1. The van der Waals surface area contributed by atoms with Gasteiger partial charge in [0.1, 0.15) is 18.1 Å². The van der Waals surface area contributed by atoms with E-state index in [1.807, 2.05) is 0 Å². The van der Waals surface area contributed by atoms with Crippen molar-refractivity contribution in [3.05, 3.63) is 83.0 Å².